The maximum atomic E-state index is 12.7. The van der Waals surface area contributed by atoms with Gasteiger partial charge in [-0.05, 0) is 30.2 Å². The Balaban J connectivity index is 1.65. The molecule has 132 valence electrons. The molecule has 1 aromatic heterocycles. The van der Waals surface area contributed by atoms with Crippen molar-refractivity contribution in [1.29, 1.82) is 0 Å². The molecule has 6 nitrogen and oxygen atoms in total. The molecule has 0 unspecified atom stereocenters. The highest BCUT2D eigenvalue weighted by Gasteiger charge is 2.35. The number of hydrogen-bond acceptors (Lipinski definition) is 4. The van der Waals surface area contributed by atoms with E-state index in [0.717, 1.165) is 11.4 Å². The number of carbonyl (C=O) groups excluding carboxylic acids is 1. The van der Waals surface area contributed by atoms with E-state index < -0.39 is 0 Å². The van der Waals surface area contributed by atoms with Gasteiger partial charge in [-0.3, -0.25) is 4.79 Å². The van der Waals surface area contributed by atoms with Crippen LogP contribution >= 0.6 is 0 Å². The molecule has 1 amide bonds. The summed E-state index contributed by atoms with van der Waals surface area (Å²) in [5.74, 6) is -0.00264. The molecule has 2 aromatic carbocycles. The molecular weight excluding hydrogens is 326 g/mol. The second-order valence-electron chi connectivity index (χ2n) is 6.69. The zero-order chi connectivity index (χ0) is 18.3. The van der Waals surface area contributed by atoms with Gasteiger partial charge in [0.25, 0.3) is 5.91 Å². The number of para-hydroxylation sites is 1. The smallest absolute Gasteiger partial charge is 0.257 e. The van der Waals surface area contributed by atoms with E-state index in [4.69, 9.17) is 0 Å². The van der Waals surface area contributed by atoms with Crippen LogP contribution in [0.2, 0.25) is 0 Å². The van der Waals surface area contributed by atoms with Crippen molar-refractivity contribution in [2.75, 3.05) is 19.0 Å². The number of anilines is 1. The second kappa shape index (κ2) is 6.29. The molecule has 0 radical (unpaired) electrons. The zero-order valence-corrected chi connectivity index (χ0v) is 15.1. The molecule has 1 aliphatic rings. The lowest BCUT2D eigenvalue weighted by Crippen LogP contribution is -2.45. The summed E-state index contributed by atoms with van der Waals surface area (Å²) in [7, 11) is 3.78. The zero-order valence-electron chi connectivity index (χ0n) is 15.1. The summed E-state index contributed by atoms with van der Waals surface area (Å²) in [5.41, 5.74) is 4.80. The van der Waals surface area contributed by atoms with E-state index in [-0.39, 0.29) is 12.1 Å². The van der Waals surface area contributed by atoms with Gasteiger partial charge in [-0.2, -0.15) is 0 Å². The van der Waals surface area contributed by atoms with Crippen molar-refractivity contribution in [2.24, 2.45) is 0 Å². The van der Waals surface area contributed by atoms with Gasteiger partial charge in [-0.1, -0.05) is 41.6 Å². The van der Waals surface area contributed by atoms with Gasteiger partial charge in [-0.15, -0.1) is 5.10 Å². The molecule has 0 saturated heterocycles. The van der Waals surface area contributed by atoms with Crippen LogP contribution in [0.3, 0.4) is 0 Å². The topological polar surface area (TPSA) is 54.3 Å². The van der Waals surface area contributed by atoms with Gasteiger partial charge in [-0.25, -0.2) is 4.68 Å². The Kier molecular flexibility index (Phi) is 3.95. The Labute approximate surface area is 152 Å². The van der Waals surface area contributed by atoms with Crippen molar-refractivity contribution >= 4 is 11.6 Å². The maximum Gasteiger partial charge on any atom is 0.257 e. The van der Waals surface area contributed by atoms with Gasteiger partial charge >= 0.3 is 0 Å². The summed E-state index contributed by atoms with van der Waals surface area (Å²) < 4.78 is 1.82. The van der Waals surface area contributed by atoms with Crippen LogP contribution in [-0.4, -0.2) is 39.9 Å². The van der Waals surface area contributed by atoms with Crippen LogP contribution in [0.4, 0.5) is 5.69 Å². The molecule has 2 heterocycles. The molecule has 0 N–H and O–H groups in total. The van der Waals surface area contributed by atoms with Crippen molar-refractivity contribution < 1.29 is 4.79 Å². The first-order valence-electron chi connectivity index (χ1n) is 8.60. The van der Waals surface area contributed by atoms with Crippen LogP contribution < -0.4 is 4.90 Å². The highest BCUT2D eigenvalue weighted by atomic mass is 16.2. The largest absolute Gasteiger partial charge is 0.348 e. The summed E-state index contributed by atoms with van der Waals surface area (Å²) in [4.78, 5) is 16.5. The quantitative estimate of drug-likeness (QED) is 0.731. The monoisotopic (exact) mass is 347 g/mol. The third kappa shape index (κ3) is 2.63. The number of carbonyl (C=O) groups is 1. The average Bonchev–Trinajstić information content (AvgIpc) is 3.10. The number of fused-ring (bicyclic) bond motifs is 1. The van der Waals surface area contributed by atoms with E-state index >= 15 is 0 Å². The van der Waals surface area contributed by atoms with Gasteiger partial charge in [0.05, 0.1) is 24.0 Å². The fraction of sp³-hybridized carbons (Fsp3) is 0.250. The summed E-state index contributed by atoms with van der Waals surface area (Å²) in [6.07, 6.45) is 1.65. The average molecular weight is 347 g/mol. The number of hydrogen-bond donors (Lipinski definition) is 0. The molecule has 3 aromatic rings. The van der Waals surface area contributed by atoms with Gasteiger partial charge < -0.3 is 9.80 Å². The van der Waals surface area contributed by atoms with E-state index in [2.05, 4.69) is 34.3 Å². The minimum atomic E-state index is -0.275. The molecule has 0 aliphatic carbocycles. The number of aromatic nitrogens is 3. The summed E-state index contributed by atoms with van der Waals surface area (Å²) in [5, 5.41) is 8.63. The lowest BCUT2D eigenvalue weighted by molar-refractivity contribution is 0.0707. The van der Waals surface area contributed by atoms with Crippen molar-refractivity contribution in [2.45, 2.75) is 19.6 Å². The third-order valence-corrected chi connectivity index (χ3v) is 4.98. The van der Waals surface area contributed by atoms with Crippen molar-refractivity contribution in [3.8, 4) is 0 Å². The normalized spacial score (nSPS) is 16.7. The SMILES string of the molecule is Cc1ccccc1Cn1cc([C@@H]2N(C)C(=O)c3ccccc3N2C)nn1. The Morgan fingerprint density at radius 3 is 2.54 bits per heavy atom. The predicted octanol–water partition coefficient (Wildman–Crippen LogP) is 2.86. The number of aryl methyl sites for hydroxylation is 1. The van der Waals surface area contributed by atoms with Crippen LogP contribution in [0, 0.1) is 6.92 Å². The molecule has 6 heteroatoms. The second-order valence-corrected chi connectivity index (χ2v) is 6.69. The molecular formula is C20H21N5O. The van der Waals surface area contributed by atoms with Crippen LogP contribution in [0.25, 0.3) is 0 Å². The number of nitrogens with zero attached hydrogens (tertiary/aromatic N) is 5. The van der Waals surface area contributed by atoms with Crippen LogP contribution in [0.5, 0.6) is 0 Å². The molecule has 0 spiro atoms. The molecule has 1 atom stereocenters. The Morgan fingerprint density at radius 1 is 1.00 bits per heavy atom. The van der Waals surface area contributed by atoms with Crippen molar-refractivity contribution in [1.82, 2.24) is 19.9 Å². The van der Waals surface area contributed by atoms with Crippen molar-refractivity contribution in [3.05, 3.63) is 77.1 Å². The standard InChI is InChI=1S/C20H21N5O/c1-14-8-4-5-9-15(14)12-25-13-17(21-22-25)19-23(2)18-11-7-6-10-16(18)20(26)24(19)3/h4-11,13,19H,12H2,1-3H3/t19-/m0/s1. The van der Waals surface area contributed by atoms with E-state index in [1.807, 2.05) is 54.3 Å². The van der Waals surface area contributed by atoms with Crippen LogP contribution in [0.1, 0.15) is 33.3 Å². The maximum absolute atomic E-state index is 12.7. The molecule has 26 heavy (non-hydrogen) atoms. The first kappa shape index (κ1) is 16.3. The summed E-state index contributed by atoms with van der Waals surface area (Å²) in [6.45, 7) is 2.75. The van der Waals surface area contributed by atoms with Gasteiger partial charge in [0, 0.05) is 14.1 Å². The van der Waals surface area contributed by atoms with Crippen LogP contribution in [0.15, 0.2) is 54.7 Å². The minimum Gasteiger partial charge on any atom is -0.348 e. The molecule has 0 bridgehead atoms. The number of benzene rings is 2. The lowest BCUT2D eigenvalue weighted by atomic mass is 10.1. The predicted molar refractivity (Wildman–Crippen MR) is 100.0 cm³/mol. The van der Waals surface area contributed by atoms with Crippen LogP contribution in [-0.2, 0) is 6.54 Å². The Hall–Kier alpha value is -3.15. The highest BCUT2D eigenvalue weighted by molar-refractivity contribution is 6.01. The van der Waals surface area contributed by atoms with E-state index in [0.29, 0.717) is 12.1 Å². The van der Waals surface area contributed by atoms with Gasteiger partial charge in [0.1, 0.15) is 5.69 Å². The van der Waals surface area contributed by atoms with Crippen molar-refractivity contribution in [3.63, 3.8) is 0 Å². The highest BCUT2D eigenvalue weighted by Crippen LogP contribution is 2.35. The molecule has 4 rings (SSSR count). The summed E-state index contributed by atoms with van der Waals surface area (Å²) in [6, 6.07) is 15.9. The molecule has 0 fully saturated rings. The molecule has 0 saturated carbocycles. The molecule has 1 aliphatic heterocycles. The number of amides is 1. The van der Waals surface area contributed by atoms with E-state index in [1.54, 1.807) is 11.9 Å². The fourth-order valence-electron chi connectivity index (χ4n) is 3.52. The third-order valence-electron chi connectivity index (χ3n) is 4.98. The first-order chi connectivity index (χ1) is 12.6. The van der Waals surface area contributed by atoms with E-state index in [1.165, 1.54) is 11.1 Å². The number of rotatable bonds is 3. The Morgan fingerprint density at radius 2 is 1.73 bits per heavy atom. The fourth-order valence-corrected chi connectivity index (χ4v) is 3.52. The summed E-state index contributed by atoms with van der Waals surface area (Å²) >= 11 is 0. The minimum absolute atomic E-state index is 0.00264. The van der Waals surface area contributed by atoms with Gasteiger partial charge in [0.15, 0.2) is 6.17 Å². The first-order valence-corrected chi connectivity index (χ1v) is 8.60. The van der Waals surface area contributed by atoms with Gasteiger partial charge in [0.2, 0.25) is 0 Å². The lowest BCUT2D eigenvalue weighted by Gasteiger charge is -2.40. The Bertz CT molecular complexity index is 964. The van der Waals surface area contributed by atoms with E-state index in [9.17, 15) is 4.79 Å².